The number of carbonyl (C=O) groups excluding carboxylic acids is 2. The van der Waals surface area contributed by atoms with Gasteiger partial charge in [0.25, 0.3) is 0 Å². The average Bonchev–Trinajstić information content (AvgIpc) is 2.65. The molecule has 7 nitrogen and oxygen atoms in total. The molecule has 8 heteroatoms. The number of anilines is 2. The molecule has 0 atom stereocenters. The standard InChI is InChI=1S/C21H26IN3O4/c1-4-28-18-11-10-17(12-19(18)29-5-2)24-21(27)14-25(3)13-20(26)23-16-8-6-15(22)7-9-16/h6-12H,4-5,13-14H2,1-3H3,(H,23,26)(H,24,27). The number of halogens is 1. The van der Waals surface area contributed by atoms with Crippen LogP contribution in [0.25, 0.3) is 0 Å². The van der Waals surface area contributed by atoms with Crippen LogP contribution in [0.4, 0.5) is 11.4 Å². The van der Waals surface area contributed by atoms with E-state index in [1.807, 2.05) is 38.1 Å². The van der Waals surface area contributed by atoms with Crippen molar-refractivity contribution in [3.8, 4) is 11.5 Å². The number of likely N-dealkylation sites (N-methyl/N-ethyl adjacent to an activating group) is 1. The fourth-order valence-electron chi connectivity index (χ4n) is 2.61. The summed E-state index contributed by atoms with van der Waals surface area (Å²) in [5.41, 5.74) is 1.34. The number of carbonyl (C=O) groups is 2. The maximum atomic E-state index is 12.3. The summed E-state index contributed by atoms with van der Waals surface area (Å²) < 4.78 is 12.2. The van der Waals surface area contributed by atoms with Gasteiger partial charge < -0.3 is 20.1 Å². The van der Waals surface area contributed by atoms with Crippen molar-refractivity contribution in [3.63, 3.8) is 0 Å². The number of hydrogen-bond acceptors (Lipinski definition) is 5. The van der Waals surface area contributed by atoms with Crippen molar-refractivity contribution >= 4 is 45.8 Å². The predicted molar refractivity (Wildman–Crippen MR) is 123 cm³/mol. The predicted octanol–water partition coefficient (Wildman–Crippen LogP) is 3.60. The van der Waals surface area contributed by atoms with Gasteiger partial charge in [0, 0.05) is 21.0 Å². The zero-order chi connectivity index (χ0) is 21.2. The van der Waals surface area contributed by atoms with E-state index in [2.05, 4.69) is 33.2 Å². The first-order chi connectivity index (χ1) is 13.9. The van der Waals surface area contributed by atoms with Crippen molar-refractivity contribution in [1.29, 1.82) is 0 Å². The molecule has 0 aliphatic heterocycles. The second kappa shape index (κ2) is 11.6. The molecular weight excluding hydrogens is 485 g/mol. The lowest BCUT2D eigenvalue weighted by Gasteiger charge is -2.17. The molecule has 2 rings (SSSR count). The molecule has 0 heterocycles. The number of nitrogens with one attached hydrogen (secondary N) is 2. The molecule has 2 aromatic carbocycles. The van der Waals surface area contributed by atoms with Crippen molar-refractivity contribution in [2.75, 3.05) is 44.0 Å². The molecule has 0 spiro atoms. The summed E-state index contributed by atoms with van der Waals surface area (Å²) >= 11 is 2.20. The number of nitrogens with zero attached hydrogens (tertiary/aromatic N) is 1. The average molecular weight is 511 g/mol. The van der Waals surface area contributed by atoms with Gasteiger partial charge in [-0.25, -0.2) is 0 Å². The highest BCUT2D eigenvalue weighted by atomic mass is 127. The van der Waals surface area contributed by atoms with E-state index in [0.29, 0.717) is 30.4 Å². The molecule has 2 N–H and O–H groups in total. The van der Waals surface area contributed by atoms with Crippen LogP contribution < -0.4 is 20.1 Å². The maximum absolute atomic E-state index is 12.3. The van der Waals surface area contributed by atoms with E-state index in [1.165, 1.54) is 0 Å². The first-order valence-corrected chi connectivity index (χ1v) is 10.4. The number of ether oxygens (including phenoxy) is 2. The molecule has 0 saturated heterocycles. The summed E-state index contributed by atoms with van der Waals surface area (Å²) in [6.07, 6.45) is 0. The topological polar surface area (TPSA) is 79.9 Å². The van der Waals surface area contributed by atoms with Crippen molar-refractivity contribution in [2.24, 2.45) is 0 Å². The normalized spacial score (nSPS) is 10.5. The van der Waals surface area contributed by atoms with Crippen molar-refractivity contribution in [2.45, 2.75) is 13.8 Å². The van der Waals surface area contributed by atoms with E-state index in [-0.39, 0.29) is 24.9 Å². The number of hydrogen-bond donors (Lipinski definition) is 2. The number of benzene rings is 2. The summed E-state index contributed by atoms with van der Waals surface area (Å²) in [6.45, 7) is 4.99. The van der Waals surface area contributed by atoms with Crippen LogP contribution in [0.2, 0.25) is 0 Å². The molecule has 0 aromatic heterocycles. The molecule has 0 fully saturated rings. The van der Waals surface area contributed by atoms with Gasteiger partial charge in [0.1, 0.15) is 0 Å². The monoisotopic (exact) mass is 511 g/mol. The minimum absolute atomic E-state index is 0.0806. The van der Waals surface area contributed by atoms with E-state index in [1.54, 1.807) is 30.1 Å². The van der Waals surface area contributed by atoms with Crippen LogP contribution in [-0.4, -0.2) is 50.1 Å². The van der Waals surface area contributed by atoms with Gasteiger partial charge in [0.15, 0.2) is 11.5 Å². The molecule has 0 bridgehead atoms. The van der Waals surface area contributed by atoms with Gasteiger partial charge in [0.2, 0.25) is 11.8 Å². The van der Waals surface area contributed by atoms with Crippen molar-refractivity contribution in [1.82, 2.24) is 4.90 Å². The van der Waals surface area contributed by atoms with Crippen LogP contribution in [0.15, 0.2) is 42.5 Å². The highest BCUT2D eigenvalue weighted by Crippen LogP contribution is 2.30. The molecule has 0 unspecified atom stereocenters. The lowest BCUT2D eigenvalue weighted by atomic mass is 10.2. The summed E-state index contributed by atoms with van der Waals surface area (Å²) in [5, 5.41) is 5.64. The Bertz CT molecular complexity index is 827. The van der Waals surface area contributed by atoms with Crippen molar-refractivity contribution in [3.05, 3.63) is 46.0 Å². The van der Waals surface area contributed by atoms with E-state index >= 15 is 0 Å². The van der Waals surface area contributed by atoms with Gasteiger partial charge in [-0.1, -0.05) is 0 Å². The van der Waals surface area contributed by atoms with Crippen LogP contribution in [0, 0.1) is 3.57 Å². The first kappa shape index (κ1) is 23.0. The van der Waals surface area contributed by atoms with Gasteiger partial charge in [-0.15, -0.1) is 0 Å². The zero-order valence-electron chi connectivity index (χ0n) is 16.8. The van der Waals surface area contributed by atoms with E-state index in [4.69, 9.17) is 9.47 Å². The number of amides is 2. The van der Waals surface area contributed by atoms with E-state index in [0.717, 1.165) is 9.26 Å². The lowest BCUT2D eigenvalue weighted by molar-refractivity contribution is -0.119. The van der Waals surface area contributed by atoms with Gasteiger partial charge in [0.05, 0.1) is 26.3 Å². The zero-order valence-corrected chi connectivity index (χ0v) is 19.0. The Labute approximate surface area is 184 Å². The fraction of sp³-hybridized carbons (Fsp3) is 0.333. The molecule has 2 amide bonds. The van der Waals surface area contributed by atoms with Gasteiger partial charge in [-0.05, 0) is 79.9 Å². The smallest absolute Gasteiger partial charge is 0.238 e. The quantitative estimate of drug-likeness (QED) is 0.477. The third-order valence-corrected chi connectivity index (χ3v) is 4.50. The highest BCUT2D eigenvalue weighted by molar-refractivity contribution is 14.1. The molecule has 0 aliphatic rings. The molecule has 0 radical (unpaired) electrons. The fourth-order valence-corrected chi connectivity index (χ4v) is 2.97. The molecule has 0 aliphatic carbocycles. The third-order valence-electron chi connectivity index (χ3n) is 3.78. The van der Waals surface area contributed by atoms with Gasteiger partial charge in [-0.2, -0.15) is 0 Å². The second-order valence-electron chi connectivity index (χ2n) is 6.30. The minimum Gasteiger partial charge on any atom is -0.490 e. The molecule has 156 valence electrons. The van der Waals surface area contributed by atoms with E-state index < -0.39 is 0 Å². The Morgan fingerprint density at radius 1 is 0.862 bits per heavy atom. The summed E-state index contributed by atoms with van der Waals surface area (Å²) in [6, 6.07) is 12.8. The molecule has 2 aromatic rings. The Morgan fingerprint density at radius 3 is 1.97 bits per heavy atom. The Hall–Kier alpha value is -2.33. The van der Waals surface area contributed by atoms with Crippen LogP contribution in [0.3, 0.4) is 0 Å². The Balaban J connectivity index is 1.86. The SMILES string of the molecule is CCOc1ccc(NC(=O)CN(C)CC(=O)Nc2ccc(I)cc2)cc1OCC. The van der Waals surface area contributed by atoms with Crippen molar-refractivity contribution < 1.29 is 19.1 Å². The van der Waals surface area contributed by atoms with Crippen LogP contribution in [0.5, 0.6) is 11.5 Å². The first-order valence-electron chi connectivity index (χ1n) is 9.34. The van der Waals surface area contributed by atoms with Crippen LogP contribution in [0.1, 0.15) is 13.8 Å². The number of rotatable bonds is 10. The maximum Gasteiger partial charge on any atom is 0.238 e. The molecule has 0 saturated carbocycles. The minimum atomic E-state index is -0.221. The second-order valence-corrected chi connectivity index (χ2v) is 7.55. The Kier molecular flexibility index (Phi) is 9.20. The van der Waals surface area contributed by atoms with Gasteiger partial charge >= 0.3 is 0 Å². The third kappa shape index (κ3) is 7.90. The molecule has 29 heavy (non-hydrogen) atoms. The largest absolute Gasteiger partial charge is 0.490 e. The highest BCUT2D eigenvalue weighted by Gasteiger charge is 2.13. The lowest BCUT2D eigenvalue weighted by Crippen LogP contribution is -2.36. The summed E-state index contributed by atoms with van der Waals surface area (Å²) in [7, 11) is 1.72. The van der Waals surface area contributed by atoms with Gasteiger partial charge in [-0.3, -0.25) is 14.5 Å². The van der Waals surface area contributed by atoms with Crippen LogP contribution >= 0.6 is 22.6 Å². The Morgan fingerprint density at radius 2 is 1.38 bits per heavy atom. The summed E-state index contributed by atoms with van der Waals surface area (Å²) in [4.78, 5) is 26.1. The molecular formula is C21H26IN3O4. The van der Waals surface area contributed by atoms with E-state index in [9.17, 15) is 9.59 Å². The van der Waals surface area contributed by atoms with Crippen LogP contribution in [-0.2, 0) is 9.59 Å². The summed E-state index contributed by atoms with van der Waals surface area (Å²) in [5.74, 6) is 0.816.